The third-order valence-corrected chi connectivity index (χ3v) is 3.83. The third-order valence-electron chi connectivity index (χ3n) is 3.83. The van der Waals surface area contributed by atoms with Gasteiger partial charge in [0.2, 0.25) is 0 Å². The van der Waals surface area contributed by atoms with Crippen LogP contribution < -0.4 is 4.90 Å². The van der Waals surface area contributed by atoms with Crippen molar-refractivity contribution in [2.24, 2.45) is 0 Å². The highest BCUT2D eigenvalue weighted by atomic mass is 16.6. The van der Waals surface area contributed by atoms with Gasteiger partial charge in [0.25, 0.3) is 0 Å². The molecule has 0 aliphatic carbocycles. The summed E-state index contributed by atoms with van der Waals surface area (Å²) < 4.78 is 5.44. The van der Waals surface area contributed by atoms with Crippen LogP contribution in [0.4, 0.5) is 10.6 Å². The SMILES string of the molecule is CN(C(=O)OC(C)(C)C)[C@@H]1CCCN(c2ncccc2C#N)C1. The lowest BCUT2D eigenvalue weighted by atomic mass is 10.0. The summed E-state index contributed by atoms with van der Waals surface area (Å²) in [5.74, 6) is 0.692. The first-order chi connectivity index (χ1) is 10.8. The Morgan fingerprint density at radius 2 is 2.26 bits per heavy atom. The molecule has 6 nitrogen and oxygen atoms in total. The third kappa shape index (κ3) is 4.35. The van der Waals surface area contributed by atoms with Gasteiger partial charge in [0, 0.05) is 26.3 Å². The average molecular weight is 316 g/mol. The van der Waals surface area contributed by atoms with Gasteiger partial charge in [-0.15, -0.1) is 0 Å². The minimum atomic E-state index is -0.505. The zero-order chi connectivity index (χ0) is 17.0. The van der Waals surface area contributed by atoms with E-state index in [-0.39, 0.29) is 12.1 Å². The maximum Gasteiger partial charge on any atom is 0.410 e. The molecule has 0 bridgehead atoms. The van der Waals surface area contributed by atoms with Gasteiger partial charge in [-0.2, -0.15) is 5.26 Å². The second-order valence-electron chi connectivity index (χ2n) is 6.82. The first-order valence-electron chi connectivity index (χ1n) is 7.87. The number of anilines is 1. The summed E-state index contributed by atoms with van der Waals surface area (Å²) in [7, 11) is 1.77. The summed E-state index contributed by atoms with van der Waals surface area (Å²) in [4.78, 5) is 20.3. The normalized spacial score (nSPS) is 18.2. The second-order valence-corrected chi connectivity index (χ2v) is 6.82. The highest BCUT2D eigenvalue weighted by Crippen LogP contribution is 2.24. The number of piperidine rings is 1. The van der Waals surface area contributed by atoms with E-state index in [1.807, 2.05) is 20.8 Å². The highest BCUT2D eigenvalue weighted by molar-refractivity contribution is 5.68. The molecule has 2 rings (SSSR count). The van der Waals surface area contributed by atoms with Crippen LogP contribution in [0.1, 0.15) is 39.2 Å². The number of ether oxygens (including phenoxy) is 1. The van der Waals surface area contributed by atoms with Crippen LogP contribution in [-0.2, 0) is 4.74 Å². The van der Waals surface area contributed by atoms with Gasteiger partial charge in [-0.1, -0.05) is 0 Å². The largest absolute Gasteiger partial charge is 0.444 e. The molecule has 1 aromatic heterocycles. The van der Waals surface area contributed by atoms with E-state index in [1.165, 1.54) is 0 Å². The molecule has 1 atom stereocenters. The van der Waals surface area contributed by atoms with Crippen molar-refractivity contribution < 1.29 is 9.53 Å². The van der Waals surface area contributed by atoms with Crippen LogP contribution in [-0.4, -0.2) is 47.8 Å². The standard InChI is InChI=1S/C17H24N4O2/c1-17(2,3)23-16(22)20(4)14-8-6-10-21(12-14)15-13(11-18)7-5-9-19-15/h5,7,9,14H,6,8,10,12H2,1-4H3/t14-/m1/s1. The maximum atomic E-state index is 12.2. The van der Waals surface area contributed by atoms with Crippen molar-refractivity contribution in [2.75, 3.05) is 25.0 Å². The number of hydrogen-bond donors (Lipinski definition) is 0. The molecule has 124 valence electrons. The fourth-order valence-corrected chi connectivity index (χ4v) is 2.68. The van der Waals surface area contributed by atoms with Crippen molar-refractivity contribution in [3.05, 3.63) is 23.9 Å². The van der Waals surface area contributed by atoms with E-state index in [0.717, 1.165) is 19.4 Å². The fraction of sp³-hybridized carbons (Fsp3) is 0.588. The zero-order valence-electron chi connectivity index (χ0n) is 14.2. The van der Waals surface area contributed by atoms with E-state index in [1.54, 1.807) is 30.3 Å². The van der Waals surface area contributed by atoms with E-state index in [4.69, 9.17) is 4.74 Å². The smallest absolute Gasteiger partial charge is 0.410 e. The van der Waals surface area contributed by atoms with E-state index >= 15 is 0 Å². The summed E-state index contributed by atoms with van der Waals surface area (Å²) in [6, 6.07) is 5.76. The number of aromatic nitrogens is 1. The van der Waals surface area contributed by atoms with Gasteiger partial charge in [0.05, 0.1) is 11.6 Å². The van der Waals surface area contributed by atoms with Crippen LogP contribution in [0.5, 0.6) is 0 Å². The molecule has 0 saturated carbocycles. The first-order valence-corrected chi connectivity index (χ1v) is 7.87. The zero-order valence-corrected chi connectivity index (χ0v) is 14.2. The predicted molar refractivity (Wildman–Crippen MR) is 88.2 cm³/mol. The van der Waals surface area contributed by atoms with Crippen molar-refractivity contribution in [2.45, 2.75) is 45.3 Å². The van der Waals surface area contributed by atoms with Gasteiger partial charge in [0.1, 0.15) is 17.5 Å². The number of hydrogen-bond acceptors (Lipinski definition) is 5. The minimum Gasteiger partial charge on any atom is -0.444 e. The average Bonchev–Trinajstić information content (AvgIpc) is 2.52. The van der Waals surface area contributed by atoms with Crippen molar-refractivity contribution in [1.82, 2.24) is 9.88 Å². The Bertz CT molecular complexity index is 603. The Morgan fingerprint density at radius 3 is 2.91 bits per heavy atom. The lowest BCUT2D eigenvalue weighted by molar-refractivity contribution is 0.0209. The topological polar surface area (TPSA) is 69.5 Å². The van der Waals surface area contributed by atoms with E-state index in [2.05, 4.69) is 16.0 Å². The molecule has 0 aromatic carbocycles. The van der Waals surface area contributed by atoms with Crippen LogP contribution in [0.2, 0.25) is 0 Å². The van der Waals surface area contributed by atoms with Crippen LogP contribution in [0.15, 0.2) is 18.3 Å². The van der Waals surface area contributed by atoms with Gasteiger partial charge in [-0.25, -0.2) is 9.78 Å². The van der Waals surface area contributed by atoms with Crippen molar-refractivity contribution in [3.8, 4) is 6.07 Å². The van der Waals surface area contributed by atoms with Gasteiger partial charge in [-0.3, -0.25) is 0 Å². The van der Waals surface area contributed by atoms with E-state index in [0.29, 0.717) is 17.9 Å². The Labute approximate surface area is 137 Å². The molecule has 0 radical (unpaired) electrons. The Hall–Kier alpha value is -2.29. The summed E-state index contributed by atoms with van der Waals surface area (Å²) in [6.07, 6.45) is 3.24. The first kappa shape index (κ1) is 17.1. The Morgan fingerprint density at radius 1 is 1.52 bits per heavy atom. The van der Waals surface area contributed by atoms with Crippen LogP contribution >= 0.6 is 0 Å². The monoisotopic (exact) mass is 316 g/mol. The lowest BCUT2D eigenvalue weighted by Crippen LogP contribution is -2.50. The Kier molecular flexibility index (Phi) is 5.09. The van der Waals surface area contributed by atoms with Crippen LogP contribution in [0.25, 0.3) is 0 Å². The molecular weight excluding hydrogens is 292 g/mol. The predicted octanol–water partition coefficient (Wildman–Crippen LogP) is 2.79. The summed E-state index contributed by atoms with van der Waals surface area (Å²) in [6.45, 7) is 7.07. The quantitative estimate of drug-likeness (QED) is 0.839. The van der Waals surface area contributed by atoms with Gasteiger partial charge < -0.3 is 14.5 Å². The number of nitriles is 1. The molecule has 2 heterocycles. The number of rotatable bonds is 2. The molecule has 1 saturated heterocycles. The maximum absolute atomic E-state index is 12.2. The molecule has 1 fully saturated rings. The van der Waals surface area contributed by atoms with Crippen LogP contribution in [0, 0.1) is 11.3 Å². The molecule has 1 aromatic rings. The molecule has 1 aliphatic heterocycles. The molecule has 1 amide bonds. The second kappa shape index (κ2) is 6.86. The van der Waals surface area contributed by atoms with E-state index < -0.39 is 5.60 Å². The van der Waals surface area contributed by atoms with E-state index in [9.17, 15) is 10.1 Å². The molecule has 0 N–H and O–H groups in total. The van der Waals surface area contributed by atoms with Crippen molar-refractivity contribution in [3.63, 3.8) is 0 Å². The fourth-order valence-electron chi connectivity index (χ4n) is 2.68. The lowest BCUT2D eigenvalue weighted by Gasteiger charge is -2.38. The number of likely N-dealkylation sites (N-methyl/N-ethyl adjacent to an activating group) is 1. The molecule has 23 heavy (non-hydrogen) atoms. The number of amides is 1. The highest BCUT2D eigenvalue weighted by Gasteiger charge is 2.30. The number of nitrogens with zero attached hydrogens (tertiary/aromatic N) is 4. The molecule has 0 unspecified atom stereocenters. The molecule has 1 aliphatic rings. The minimum absolute atomic E-state index is 0.0483. The van der Waals surface area contributed by atoms with Gasteiger partial charge in [0.15, 0.2) is 0 Å². The van der Waals surface area contributed by atoms with Crippen LogP contribution in [0.3, 0.4) is 0 Å². The van der Waals surface area contributed by atoms with Crippen molar-refractivity contribution >= 4 is 11.9 Å². The van der Waals surface area contributed by atoms with Gasteiger partial charge >= 0.3 is 6.09 Å². The molecule has 0 spiro atoms. The summed E-state index contributed by atoms with van der Waals surface area (Å²) >= 11 is 0. The Balaban J connectivity index is 2.09. The summed E-state index contributed by atoms with van der Waals surface area (Å²) in [5, 5.41) is 9.24. The number of carbonyl (C=O) groups excluding carboxylic acids is 1. The number of carbonyl (C=O) groups is 1. The number of pyridine rings is 1. The van der Waals surface area contributed by atoms with Crippen molar-refractivity contribution in [1.29, 1.82) is 5.26 Å². The summed E-state index contributed by atoms with van der Waals surface area (Å²) in [5.41, 5.74) is 0.0577. The molecule has 6 heteroatoms. The molecular formula is C17H24N4O2. The van der Waals surface area contributed by atoms with Gasteiger partial charge in [-0.05, 0) is 45.7 Å².